The van der Waals surface area contributed by atoms with Crippen LogP contribution in [0.3, 0.4) is 0 Å². The van der Waals surface area contributed by atoms with Crippen LogP contribution in [-0.2, 0) is 24.3 Å². The molecule has 0 aliphatic rings. The van der Waals surface area contributed by atoms with Crippen molar-refractivity contribution in [2.24, 2.45) is 0 Å². The van der Waals surface area contributed by atoms with Crippen molar-refractivity contribution in [3.8, 4) is 0 Å². The molecule has 2 aromatic heterocycles. The van der Waals surface area contributed by atoms with E-state index in [0.717, 1.165) is 35.4 Å². The smallest absolute Gasteiger partial charge is 0.243 e. The van der Waals surface area contributed by atoms with Crippen LogP contribution in [0.2, 0.25) is 0 Å². The molecule has 0 aliphatic carbocycles. The van der Waals surface area contributed by atoms with E-state index in [-0.39, 0.29) is 11.9 Å². The topological polar surface area (TPSA) is 64.7 Å². The molecule has 6 nitrogen and oxygen atoms in total. The number of carbonyl (C=O) groups excluding carboxylic acids is 1. The Morgan fingerprint density at radius 1 is 1.24 bits per heavy atom. The highest BCUT2D eigenvalue weighted by Crippen LogP contribution is 2.24. The Hall–Kier alpha value is -2.63. The molecular formula is C19H25N5O. The summed E-state index contributed by atoms with van der Waals surface area (Å²) >= 11 is 0. The quantitative estimate of drug-likeness (QED) is 0.719. The van der Waals surface area contributed by atoms with Gasteiger partial charge in [-0.25, -0.2) is 4.98 Å². The van der Waals surface area contributed by atoms with Crippen LogP contribution in [0.4, 0.5) is 0 Å². The molecular weight excluding hydrogens is 314 g/mol. The van der Waals surface area contributed by atoms with Crippen LogP contribution < -0.4 is 5.32 Å². The summed E-state index contributed by atoms with van der Waals surface area (Å²) in [5.74, 6) is 0.964. The average molecular weight is 339 g/mol. The first kappa shape index (κ1) is 17.2. The van der Waals surface area contributed by atoms with Crippen molar-refractivity contribution in [2.45, 2.75) is 52.7 Å². The molecule has 0 unspecified atom stereocenters. The monoisotopic (exact) mass is 339 g/mol. The van der Waals surface area contributed by atoms with Crippen LogP contribution in [0.5, 0.6) is 0 Å². The van der Waals surface area contributed by atoms with Gasteiger partial charge in [0.1, 0.15) is 11.9 Å². The normalized spacial score (nSPS) is 12.4. The van der Waals surface area contributed by atoms with E-state index in [0.29, 0.717) is 13.0 Å². The average Bonchev–Trinajstić information content (AvgIpc) is 3.25. The molecule has 6 heteroatoms. The zero-order valence-electron chi connectivity index (χ0n) is 15.1. The molecule has 0 radical (unpaired) electrons. The van der Waals surface area contributed by atoms with Gasteiger partial charge in [-0.2, -0.15) is 5.10 Å². The van der Waals surface area contributed by atoms with Gasteiger partial charge in [0.15, 0.2) is 0 Å². The minimum Gasteiger partial charge on any atom is -0.350 e. The second kappa shape index (κ2) is 7.51. The van der Waals surface area contributed by atoms with Crippen LogP contribution in [0, 0.1) is 0 Å². The van der Waals surface area contributed by atoms with Gasteiger partial charge < -0.3 is 9.88 Å². The number of imidazole rings is 1. The van der Waals surface area contributed by atoms with E-state index in [2.05, 4.69) is 26.9 Å². The first-order valence-corrected chi connectivity index (χ1v) is 8.92. The number of benzene rings is 1. The third-order valence-electron chi connectivity index (χ3n) is 4.46. The summed E-state index contributed by atoms with van der Waals surface area (Å²) < 4.78 is 3.94. The largest absolute Gasteiger partial charge is 0.350 e. The number of aryl methyl sites for hydroxylation is 2. The van der Waals surface area contributed by atoms with Crippen LogP contribution in [-0.4, -0.2) is 25.2 Å². The minimum atomic E-state index is -0.261. The van der Waals surface area contributed by atoms with Gasteiger partial charge >= 0.3 is 0 Å². The molecule has 1 amide bonds. The van der Waals surface area contributed by atoms with Crippen molar-refractivity contribution in [2.75, 3.05) is 0 Å². The van der Waals surface area contributed by atoms with E-state index < -0.39 is 0 Å². The zero-order chi connectivity index (χ0) is 17.8. The molecule has 132 valence electrons. The molecule has 3 aromatic rings. The molecule has 0 aliphatic heterocycles. The Kier molecular flexibility index (Phi) is 5.16. The van der Waals surface area contributed by atoms with E-state index >= 15 is 0 Å². The molecule has 1 N–H and O–H groups in total. The molecule has 25 heavy (non-hydrogen) atoms. The van der Waals surface area contributed by atoms with Gasteiger partial charge in [-0.05, 0) is 25.5 Å². The summed E-state index contributed by atoms with van der Waals surface area (Å²) in [4.78, 5) is 17.5. The Morgan fingerprint density at radius 2 is 2.04 bits per heavy atom. The summed E-state index contributed by atoms with van der Waals surface area (Å²) in [6, 6.07) is 7.73. The summed E-state index contributed by atoms with van der Waals surface area (Å²) in [6.07, 6.45) is 5.27. The van der Waals surface area contributed by atoms with E-state index in [4.69, 9.17) is 0 Å². The lowest BCUT2D eigenvalue weighted by Gasteiger charge is -2.19. The first-order chi connectivity index (χ1) is 12.2. The number of aromatic nitrogens is 4. The van der Waals surface area contributed by atoms with Crippen molar-refractivity contribution < 1.29 is 4.79 Å². The molecule has 1 aromatic carbocycles. The Morgan fingerprint density at radius 3 is 2.72 bits per heavy atom. The van der Waals surface area contributed by atoms with E-state index in [1.54, 1.807) is 6.20 Å². The third kappa shape index (κ3) is 3.43. The van der Waals surface area contributed by atoms with Gasteiger partial charge in [0, 0.05) is 31.3 Å². The Balaban J connectivity index is 1.83. The molecule has 2 heterocycles. The zero-order valence-corrected chi connectivity index (χ0v) is 15.1. The van der Waals surface area contributed by atoms with Crippen molar-refractivity contribution in [1.82, 2.24) is 24.6 Å². The van der Waals surface area contributed by atoms with Gasteiger partial charge in [0.2, 0.25) is 5.91 Å². The third-order valence-corrected chi connectivity index (χ3v) is 4.46. The molecule has 1 atom stereocenters. The van der Waals surface area contributed by atoms with Gasteiger partial charge in [0.05, 0.1) is 17.2 Å². The highest BCUT2D eigenvalue weighted by atomic mass is 16.2. The van der Waals surface area contributed by atoms with Crippen molar-refractivity contribution in [3.05, 3.63) is 48.0 Å². The van der Waals surface area contributed by atoms with E-state index in [9.17, 15) is 4.79 Å². The summed E-state index contributed by atoms with van der Waals surface area (Å²) in [5.41, 5.74) is 2.96. The lowest BCUT2D eigenvalue weighted by atomic mass is 10.1. The molecule has 0 saturated carbocycles. The molecule has 3 rings (SSSR count). The van der Waals surface area contributed by atoms with Gasteiger partial charge in [-0.3, -0.25) is 9.48 Å². The predicted molar refractivity (Wildman–Crippen MR) is 98.2 cm³/mol. The number of rotatable bonds is 7. The lowest BCUT2D eigenvalue weighted by molar-refractivity contribution is -0.124. The summed E-state index contributed by atoms with van der Waals surface area (Å²) in [5, 5.41) is 7.30. The minimum absolute atomic E-state index is 0.0181. The number of hydrogen-bond acceptors (Lipinski definition) is 3. The van der Waals surface area contributed by atoms with Gasteiger partial charge in [-0.1, -0.05) is 26.0 Å². The highest BCUT2D eigenvalue weighted by Gasteiger charge is 2.23. The number of hydrogen-bond donors (Lipinski definition) is 1. The number of amides is 1. The van der Waals surface area contributed by atoms with Crippen LogP contribution in [0.25, 0.3) is 11.0 Å². The molecule has 0 saturated heterocycles. The summed E-state index contributed by atoms with van der Waals surface area (Å²) in [7, 11) is 0. The number of nitrogens with zero attached hydrogens (tertiary/aromatic N) is 4. The van der Waals surface area contributed by atoms with Gasteiger partial charge in [-0.15, -0.1) is 0 Å². The molecule has 0 bridgehead atoms. The van der Waals surface area contributed by atoms with Gasteiger partial charge in [0.25, 0.3) is 0 Å². The highest BCUT2D eigenvalue weighted by molar-refractivity contribution is 5.84. The maximum atomic E-state index is 12.8. The maximum absolute atomic E-state index is 12.8. The van der Waals surface area contributed by atoms with Crippen LogP contribution >= 0.6 is 0 Å². The summed E-state index contributed by atoms with van der Waals surface area (Å²) in [6.45, 7) is 7.46. The molecule has 0 fully saturated rings. The Labute approximate surface area is 147 Å². The fraction of sp³-hybridized carbons (Fsp3) is 0.421. The fourth-order valence-corrected chi connectivity index (χ4v) is 3.15. The van der Waals surface area contributed by atoms with E-state index in [1.165, 1.54) is 0 Å². The number of para-hydroxylation sites is 2. The predicted octanol–water partition coefficient (Wildman–Crippen LogP) is 3.08. The SMILES string of the molecule is CCc1nc2ccccc2n1[C@@H](CC)C(=O)NCc1cnn(CC)c1. The van der Waals surface area contributed by atoms with Crippen molar-refractivity contribution >= 4 is 16.9 Å². The number of carbonyl (C=O) groups is 1. The maximum Gasteiger partial charge on any atom is 0.243 e. The second-order valence-electron chi connectivity index (χ2n) is 6.09. The van der Waals surface area contributed by atoms with Crippen molar-refractivity contribution in [3.63, 3.8) is 0 Å². The number of nitrogens with one attached hydrogen (secondary N) is 1. The fourth-order valence-electron chi connectivity index (χ4n) is 3.15. The number of fused-ring (bicyclic) bond motifs is 1. The van der Waals surface area contributed by atoms with E-state index in [1.807, 2.05) is 49.0 Å². The Bertz CT molecular complexity index is 864. The van der Waals surface area contributed by atoms with Crippen LogP contribution in [0.1, 0.15) is 44.6 Å². The first-order valence-electron chi connectivity index (χ1n) is 8.92. The lowest BCUT2D eigenvalue weighted by Crippen LogP contribution is -2.32. The standard InChI is InChI=1S/C19H25N5O/c1-4-16(19(25)20-11-14-12-21-23(6-3)13-14)24-17-10-8-7-9-15(17)22-18(24)5-2/h7-10,12-13,16H,4-6,11H2,1-3H3,(H,20,25)/t16-/m0/s1. The van der Waals surface area contributed by atoms with Crippen LogP contribution in [0.15, 0.2) is 36.7 Å². The second-order valence-corrected chi connectivity index (χ2v) is 6.09. The molecule has 0 spiro atoms. The van der Waals surface area contributed by atoms with Crippen molar-refractivity contribution in [1.29, 1.82) is 0 Å².